The van der Waals surface area contributed by atoms with E-state index in [1.165, 1.54) is 12.0 Å². The second-order valence-corrected chi connectivity index (χ2v) is 3.71. The van der Waals surface area contributed by atoms with Gasteiger partial charge in [0.2, 0.25) is 5.91 Å². The van der Waals surface area contributed by atoms with Crippen molar-refractivity contribution in [2.24, 2.45) is 11.8 Å². The van der Waals surface area contributed by atoms with Gasteiger partial charge >= 0.3 is 0 Å². The smallest absolute Gasteiger partial charge is 0.242 e. The monoisotopic (exact) mass is 171 g/mol. The highest BCUT2D eigenvalue weighted by atomic mass is 16.7. The zero-order chi connectivity index (χ0) is 9.14. The molecular formula is C9H17NO2. The second-order valence-electron chi connectivity index (χ2n) is 3.71. The Morgan fingerprint density at radius 2 is 2.25 bits per heavy atom. The van der Waals surface area contributed by atoms with E-state index in [0.29, 0.717) is 18.4 Å². The molecule has 1 atom stereocenters. The van der Waals surface area contributed by atoms with Gasteiger partial charge in [0.05, 0.1) is 6.61 Å². The van der Waals surface area contributed by atoms with Gasteiger partial charge in [0, 0.05) is 13.5 Å². The number of hydrogen-bond donors (Lipinski definition) is 0. The molecule has 3 nitrogen and oxygen atoms in total. The van der Waals surface area contributed by atoms with Crippen molar-refractivity contribution < 1.29 is 9.63 Å². The van der Waals surface area contributed by atoms with Crippen LogP contribution in [0, 0.1) is 11.8 Å². The topological polar surface area (TPSA) is 29.5 Å². The summed E-state index contributed by atoms with van der Waals surface area (Å²) < 4.78 is 0. The van der Waals surface area contributed by atoms with Crippen LogP contribution in [-0.4, -0.2) is 24.1 Å². The van der Waals surface area contributed by atoms with Gasteiger partial charge in [-0.2, -0.15) is 0 Å². The number of amides is 1. The average Bonchev–Trinajstić information content (AvgIpc) is 2.04. The lowest BCUT2D eigenvalue weighted by Gasteiger charge is -2.32. The van der Waals surface area contributed by atoms with Crippen LogP contribution in [0.3, 0.4) is 0 Å². The predicted molar refractivity (Wildman–Crippen MR) is 46.3 cm³/mol. The molecule has 1 unspecified atom stereocenters. The molecule has 12 heavy (non-hydrogen) atoms. The van der Waals surface area contributed by atoms with Crippen molar-refractivity contribution in [3.8, 4) is 0 Å². The fourth-order valence-electron chi connectivity index (χ4n) is 1.39. The summed E-state index contributed by atoms with van der Waals surface area (Å²) in [6.45, 7) is 7.36. The molecule has 1 rings (SSSR count). The Hall–Kier alpha value is -0.570. The van der Waals surface area contributed by atoms with E-state index in [1.807, 2.05) is 0 Å². The first-order chi connectivity index (χ1) is 5.61. The van der Waals surface area contributed by atoms with Crippen LogP contribution < -0.4 is 0 Å². The van der Waals surface area contributed by atoms with Crippen LogP contribution in [0.4, 0.5) is 0 Å². The van der Waals surface area contributed by atoms with Gasteiger partial charge in [-0.05, 0) is 18.3 Å². The highest BCUT2D eigenvalue weighted by molar-refractivity contribution is 5.72. The SMILES string of the molecule is CC(=O)N1CCC(C(C)C)CO1. The van der Waals surface area contributed by atoms with E-state index in [0.717, 1.165) is 13.0 Å². The Bertz CT molecular complexity index is 160. The number of hydroxylamine groups is 2. The lowest BCUT2D eigenvalue weighted by atomic mass is 9.93. The van der Waals surface area contributed by atoms with Gasteiger partial charge in [0.15, 0.2) is 0 Å². The number of nitrogens with zero attached hydrogens (tertiary/aromatic N) is 1. The van der Waals surface area contributed by atoms with Gasteiger partial charge in [0.25, 0.3) is 0 Å². The molecule has 1 aliphatic heterocycles. The zero-order valence-electron chi connectivity index (χ0n) is 8.04. The van der Waals surface area contributed by atoms with Crippen molar-refractivity contribution in [2.45, 2.75) is 27.2 Å². The summed E-state index contributed by atoms with van der Waals surface area (Å²) >= 11 is 0. The molecule has 0 aromatic carbocycles. The Kier molecular flexibility index (Phi) is 3.09. The van der Waals surface area contributed by atoms with Crippen LogP contribution in [0.2, 0.25) is 0 Å². The Morgan fingerprint density at radius 1 is 1.58 bits per heavy atom. The van der Waals surface area contributed by atoms with Crippen molar-refractivity contribution in [2.75, 3.05) is 13.2 Å². The molecule has 1 amide bonds. The summed E-state index contributed by atoms with van der Waals surface area (Å²) in [5, 5.41) is 1.46. The van der Waals surface area contributed by atoms with Gasteiger partial charge in [-0.25, -0.2) is 5.06 Å². The Balaban J connectivity index is 2.34. The third-order valence-electron chi connectivity index (χ3n) is 2.44. The van der Waals surface area contributed by atoms with Crippen molar-refractivity contribution >= 4 is 5.91 Å². The quantitative estimate of drug-likeness (QED) is 0.597. The van der Waals surface area contributed by atoms with Crippen LogP contribution in [-0.2, 0) is 9.63 Å². The van der Waals surface area contributed by atoms with Crippen molar-refractivity contribution in [1.29, 1.82) is 0 Å². The molecule has 0 radical (unpaired) electrons. The third kappa shape index (κ3) is 2.21. The van der Waals surface area contributed by atoms with Gasteiger partial charge in [-0.3, -0.25) is 9.63 Å². The van der Waals surface area contributed by atoms with E-state index in [4.69, 9.17) is 4.84 Å². The van der Waals surface area contributed by atoms with Crippen LogP contribution in [0.1, 0.15) is 27.2 Å². The normalized spacial score (nSPS) is 24.7. The number of hydrogen-bond acceptors (Lipinski definition) is 2. The molecule has 0 N–H and O–H groups in total. The maximum absolute atomic E-state index is 10.9. The molecule has 0 saturated carbocycles. The maximum atomic E-state index is 10.9. The van der Waals surface area contributed by atoms with E-state index in [-0.39, 0.29) is 5.91 Å². The van der Waals surface area contributed by atoms with Crippen molar-refractivity contribution in [3.63, 3.8) is 0 Å². The molecule has 0 spiro atoms. The minimum Gasteiger partial charge on any atom is -0.273 e. The van der Waals surface area contributed by atoms with Gasteiger partial charge < -0.3 is 0 Å². The summed E-state index contributed by atoms with van der Waals surface area (Å²) in [6, 6.07) is 0. The first kappa shape index (κ1) is 9.52. The molecule has 0 aromatic heterocycles. The lowest BCUT2D eigenvalue weighted by molar-refractivity contribution is -0.206. The molecule has 0 bridgehead atoms. The summed E-state index contributed by atoms with van der Waals surface area (Å²) in [5.41, 5.74) is 0. The summed E-state index contributed by atoms with van der Waals surface area (Å²) in [5.74, 6) is 1.27. The molecule has 1 heterocycles. The Morgan fingerprint density at radius 3 is 2.58 bits per heavy atom. The van der Waals surface area contributed by atoms with Gasteiger partial charge in [0.1, 0.15) is 0 Å². The fourth-order valence-corrected chi connectivity index (χ4v) is 1.39. The Labute approximate surface area is 73.6 Å². The van der Waals surface area contributed by atoms with Crippen LogP contribution >= 0.6 is 0 Å². The van der Waals surface area contributed by atoms with Gasteiger partial charge in [-0.1, -0.05) is 13.8 Å². The minimum absolute atomic E-state index is 0.0113. The fraction of sp³-hybridized carbons (Fsp3) is 0.889. The number of rotatable bonds is 1. The predicted octanol–water partition coefficient (Wildman–Crippen LogP) is 1.44. The van der Waals surface area contributed by atoms with E-state index in [2.05, 4.69) is 13.8 Å². The van der Waals surface area contributed by atoms with E-state index >= 15 is 0 Å². The molecular weight excluding hydrogens is 154 g/mol. The van der Waals surface area contributed by atoms with Crippen molar-refractivity contribution in [1.82, 2.24) is 5.06 Å². The first-order valence-electron chi connectivity index (χ1n) is 4.52. The van der Waals surface area contributed by atoms with E-state index in [9.17, 15) is 4.79 Å². The molecule has 0 aromatic rings. The molecule has 0 aliphatic carbocycles. The minimum atomic E-state index is 0.0113. The molecule has 1 aliphatic rings. The average molecular weight is 171 g/mol. The summed E-state index contributed by atoms with van der Waals surface area (Å²) in [7, 11) is 0. The van der Waals surface area contributed by atoms with Crippen LogP contribution in [0.25, 0.3) is 0 Å². The largest absolute Gasteiger partial charge is 0.273 e. The highest BCUT2D eigenvalue weighted by Gasteiger charge is 2.23. The molecule has 1 saturated heterocycles. The third-order valence-corrected chi connectivity index (χ3v) is 2.44. The number of carbonyl (C=O) groups excluding carboxylic acids is 1. The van der Waals surface area contributed by atoms with E-state index in [1.54, 1.807) is 0 Å². The van der Waals surface area contributed by atoms with E-state index < -0.39 is 0 Å². The molecule has 1 fully saturated rings. The standard InChI is InChI=1S/C9H17NO2/c1-7(2)9-4-5-10(8(3)11)12-6-9/h7,9H,4-6H2,1-3H3. The number of carbonyl (C=O) groups is 1. The first-order valence-corrected chi connectivity index (χ1v) is 4.52. The highest BCUT2D eigenvalue weighted by Crippen LogP contribution is 2.20. The van der Waals surface area contributed by atoms with Crippen molar-refractivity contribution in [3.05, 3.63) is 0 Å². The second kappa shape index (κ2) is 3.90. The summed E-state index contributed by atoms with van der Waals surface area (Å²) in [6.07, 6.45) is 1.07. The molecule has 3 heteroatoms. The lowest BCUT2D eigenvalue weighted by Crippen LogP contribution is -2.39. The maximum Gasteiger partial charge on any atom is 0.242 e. The van der Waals surface area contributed by atoms with Crippen LogP contribution in [0.5, 0.6) is 0 Å². The van der Waals surface area contributed by atoms with Crippen LogP contribution in [0.15, 0.2) is 0 Å². The summed E-state index contributed by atoms with van der Waals surface area (Å²) in [4.78, 5) is 16.2. The zero-order valence-corrected chi connectivity index (χ0v) is 8.04. The van der Waals surface area contributed by atoms with Gasteiger partial charge in [-0.15, -0.1) is 0 Å². The molecule has 70 valence electrons.